The second kappa shape index (κ2) is 6.73. The van der Waals surface area contributed by atoms with Crippen molar-refractivity contribution in [3.63, 3.8) is 0 Å². The minimum absolute atomic E-state index is 0.00771. The number of halogens is 3. The van der Waals surface area contributed by atoms with Crippen molar-refractivity contribution in [2.24, 2.45) is 0 Å². The molecule has 0 bridgehead atoms. The van der Waals surface area contributed by atoms with Crippen LogP contribution >= 0.6 is 15.9 Å². The molecule has 0 amide bonds. The number of carbonyl (C=O) groups is 1. The lowest BCUT2D eigenvalue weighted by Gasteiger charge is -2.13. The lowest BCUT2D eigenvalue weighted by molar-refractivity contribution is 0.0692. The first-order chi connectivity index (χ1) is 11.2. The van der Waals surface area contributed by atoms with Gasteiger partial charge in [0.1, 0.15) is 22.3 Å². The molecule has 0 aliphatic carbocycles. The van der Waals surface area contributed by atoms with Crippen molar-refractivity contribution in [2.75, 3.05) is 11.8 Å². The molecule has 128 valence electrons. The highest BCUT2D eigenvalue weighted by Crippen LogP contribution is 2.30. The molecular weight excluding hydrogens is 412 g/mol. The van der Waals surface area contributed by atoms with Gasteiger partial charge in [0.05, 0.1) is 18.4 Å². The van der Waals surface area contributed by atoms with Crippen molar-refractivity contribution in [3.05, 3.63) is 52.0 Å². The minimum Gasteiger partial charge on any atom is -0.495 e. The normalized spacial score (nSPS) is 11.2. The van der Waals surface area contributed by atoms with Crippen LogP contribution in [0.25, 0.3) is 0 Å². The number of nitrogens with one attached hydrogen (secondary N) is 1. The summed E-state index contributed by atoms with van der Waals surface area (Å²) in [5, 5.41) is 8.85. The number of sulfonamides is 1. The molecule has 24 heavy (non-hydrogen) atoms. The lowest BCUT2D eigenvalue weighted by Crippen LogP contribution is -2.16. The highest BCUT2D eigenvalue weighted by Gasteiger charge is 2.23. The third kappa shape index (κ3) is 3.65. The molecule has 0 radical (unpaired) electrons. The molecule has 0 aliphatic rings. The number of benzene rings is 2. The number of hydrogen-bond donors (Lipinski definition) is 2. The van der Waals surface area contributed by atoms with Gasteiger partial charge >= 0.3 is 5.97 Å². The van der Waals surface area contributed by atoms with E-state index in [4.69, 9.17) is 9.84 Å². The van der Waals surface area contributed by atoms with Gasteiger partial charge in [-0.15, -0.1) is 0 Å². The zero-order valence-electron chi connectivity index (χ0n) is 12.0. The molecular formula is C14H10BrF2NO5S. The number of hydrogen-bond acceptors (Lipinski definition) is 4. The Morgan fingerprint density at radius 3 is 2.46 bits per heavy atom. The van der Waals surface area contributed by atoms with Crippen LogP contribution in [0.15, 0.2) is 39.7 Å². The molecule has 0 unspecified atom stereocenters. The van der Waals surface area contributed by atoms with E-state index in [1.54, 1.807) is 6.07 Å². The first-order valence-corrected chi connectivity index (χ1v) is 8.52. The predicted molar refractivity (Wildman–Crippen MR) is 84.8 cm³/mol. The molecule has 2 aromatic rings. The number of anilines is 1. The zero-order chi connectivity index (χ0) is 18.1. The van der Waals surface area contributed by atoms with Crippen LogP contribution in [0.5, 0.6) is 5.75 Å². The van der Waals surface area contributed by atoms with Crippen LogP contribution in [0.2, 0.25) is 0 Å². The molecule has 0 aliphatic heterocycles. The van der Waals surface area contributed by atoms with Gasteiger partial charge in [0, 0.05) is 10.5 Å². The molecule has 0 saturated heterocycles. The second-order valence-electron chi connectivity index (χ2n) is 4.52. The molecule has 2 N–H and O–H groups in total. The summed E-state index contributed by atoms with van der Waals surface area (Å²) in [6.07, 6.45) is 0. The fraction of sp³-hybridized carbons (Fsp3) is 0.0714. The Balaban J connectivity index is 2.53. The van der Waals surface area contributed by atoms with Gasteiger partial charge in [0.15, 0.2) is 0 Å². The van der Waals surface area contributed by atoms with Gasteiger partial charge in [-0.2, -0.15) is 0 Å². The van der Waals surface area contributed by atoms with Crippen molar-refractivity contribution < 1.29 is 31.8 Å². The molecule has 0 saturated carbocycles. The van der Waals surface area contributed by atoms with Crippen molar-refractivity contribution in [1.82, 2.24) is 0 Å². The van der Waals surface area contributed by atoms with Crippen LogP contribution in [0.3, 0.4) is 0 Å². The lowest BCUT2D eigenvalue weighted by atomic mass is 10.2. The van der Waals surface area contributed by atoms with Gasteiger partial charge in [-0.1, -0.05) is 15.9 Å². The highest BCUT2D eigenvalue weighted by atomic mass is 79.9. The van der Waals surface area contributed by atoms with E-state index in [1.807, 2.05) is 4.72 Å². The highest BCUT2D eigenvalue weighted by molar-refractivity contribution is 9.10. The number of carboxylic acids is 1. The van der Waals surface area contributed by atoms with E-state index >= 15 is 0 Å². The van der Waals surface area contributed by atoms with Crippen molar-refractivity contribution >= 4 is 37.6 Å². The van der Waals surface area contributed by atoms with Crippen molar-refractivity contribution in [3.8, 4) is 5.75 Å². The summed E-state index contributed by atoms with van der Waals surface area (Å²) in [4.78, 5) is 10.6. The number of aromatic carboxylic acids is 1. The average molecular weight is 422 g/mol. The molecule has 0 spiro atoms. The zero-order valence-corrected chi connectivity index (χ0v) is 14.4. The number of rotatable bonds is 5. The molecule has 0 fully saturated rings. The molecule has 2 aromatic carbocycles. The Labute approximate surface area is 144 Å². The summed E-state index contributed by atoms with van der Waals surface area (Å²) in [5.74, 6) is -4.24. The first-order valence-electron chi connectivity index (χ1n) is 6.24. The molecule has 0 aromatic heterocycles. The van der Waals surface area contributed by atoms with Gasteiger partial charge in [-0.05, 0) is 24.3 Å². The predicted octanol–water partition coefficient (Wildman–Crippen LogP) is 3.23. The summed E-state index contributed by atoms with van der Waals surface area (Å²) in [6.45, 7) is 0. The minimum atomic E-state index is -4.32. The van der Waals surface area contributed by atoms with Crippen molar-refractivity contribution in [1.29, 1.82) is 0 Å². The van der Waals surface area contributed by atoms with Gasteiger partial charge in [-0.3, -0.25) is 4.72 Å². The Kier molecular flexibility index (Phi) is 5.09. The van der Waals surface area contributed by atoms with E-state index in [0.717, 1.165) is 0 Å². The Bertz CT molecular complexity index is 918. The van der Waals surface area contributed by atoms with E-state index in [0.29, 0.717) is 16.6 Å². The van der Waals surface area contributed by atoms with Crippen LogP contribution in [0.4, 0.5) is 14.5 Å². The number of carboxylic acid groups (broad SMARTS) is 1. The molecule has 2 rings (SSSR count). The Hall–Kier alpha value is -2.20. The summed E-state index contributed by atoms with van der Waals surface area (Å²) >= 11 is 3.11. The SMILES string of the molecule is COc1ccc(Br)cc1S(=O)(=O)Nc1cc(C(=O)O)c(F)cc1F. The van der Waals surface area contributed by atoms with E-state index < -0.39 is 38.9 Å². The second-order valence-corrected chi connectivity index (χ2v) is 7.08. The average Bonchev–Trinajstić information content (AvgIpc) is 2.49. The van der Waals surface area contributed by atoms with Gasteiger partial charge in [0.2, 0.25) is 0 Å². The largest absolute Gasteiger partial charge is 0.495 e. The molecule has 0 atom stereocenters. The summed E-state index contributed by atoms with van der Waals surface area (Å²) < 4.78 is 59.3. The van der Waals surface area contributed by atoms with Gasteiger partial charge in [0.25, 0.3) is 10.0 Å². The van der Waals surface area contributed by atoms with Crippen LogP contribution in [-0.4, -0.2) is 26.6 Å². The van der Waals surface area contributed by atoms with Crippen molar-refractivity contribution in [2.45, 2.75) is 4.90 Å². The third-order valence-electron chi connectivity index (χ3n) is 2.95. The number of methoxy groups -OCH3 is 1. The quantitative estimate of drug-likeness (QED) is 0.772. The van der Waals surface area contributed by atoms with Crippen LogP contribution in [0.1, 0.15) is 10.4 Å². The Morgan fingerprint density at radius 1 is 1.21 bits per heavy atom. The standard InChI is InChI=1S/C14H10BrF2NO5S/c1-23-12-3-2-7(15)4-13(12)24(21,22)18-11-5-8(14(19)20)9(16)6-10(11)17/h2-6,18H,1H3,(H,19,20). The maximum absolute atomic E-state index is 13.8. The monoisotopic (exact) mass is 421 g/mol. The maximum Gasteiger partial charge on any atom is 0.338 e. The third-order valence-corrected chi connectivity index (χ3v) is 4.83. The van der Waals surface area contributed by atoms with Crippen LogP contribution in [0, 0.1) is 11.6 Å². The van der Waals surface area contributed by atoms with Gasteiger partial charge < -0.3 is 9.84 Å². The smallest absolute Gasteiger partial charge is 0.338 e. The number of ether oxygens (including phenoxy) is 1. The van der Waals surface area contributed by atoms with Crippen LogP contribution < -0.4 is 9.46 Å². The molecule has 6 nitrogen and oxygen atoms in total. The van der Waals surface area contributed by atoms with Crippen LogP contribution in [-0.2, 0) is 10.0 Å². The fourth-order valence-corrected chi connectivity index (χ4v) is 3.62. The maximum atomic E-state index is 13.8. The summed E-state index contributed by atoms with van der Waals surface area (Å²) in [6, 6.07) is 5.00. The van der Waals surface area contributed by atoms with E-state index in [9.17, 15) is 22.0 Å². The summed E-state index contributed by atoms with van der Waals surface area (Å²) in [7, 11) is -3.06. The van der Waals surface area contributed by atoms with Gasteiger partial charge in [-0.25, -0.2) is 22.0 Å². The fourth-order valence-electron chi connectivity index (χ4n) is 1.85. The first kappa shape index (κ1) is 18.1. The molecule has 10 heteroatoms. The summed E-state index contributed by atoms with van der Waals surface area (Å²) in [5.41, 5.74) is -1.56. The van der Waals surface area contributed by atoms with E-state index in [-0.39, 0.29) is 10.6 Å². The van der Waals surface area contributed by atoms with E-state index in [1.165, 1.54) is 19.2 Å². The molecule has 0 heterocycles. The topological polar surface area (TPSA) is 92.7 Å². The Morgan fingerprint density at radius 2 is 1.88 bits per heavy atom. The van der Waals surface area contributed by atoms with E-state index in [2.05, 4.69) is 15.9 Å².